The molecule has 20 heavy (non-hydrogen) atoms. The molecule has 2 N–H and O–H groups in total. The van der Waals surface area contributed by atoms with E-state index >= 15 is 0 Å². The lowest BCUT2D eigenvalue weighted by molar-refractivity contribution is 0.570. The third-order valence-electron chi connectivity index (χ3n) is 2.73. The summed E-state index contributed by atoms with van der Waals surface area (Å²) in [4.78, 5) is 4.07. The number of likely N-dealkylation sites (N-methyl/N-ethyl adjacent to an activating group) is 1. The number of nitrogens with one attached hydrogen (secondary N) is 2. The highest BCUT2D eigenvalue weighted by atomic mass is 32.2. The zero-order valence-corrected chi connectivity index (χ0v) is 12.0. The maximum atomic E-state index is 12.0. The molecular formula is C11H18N6O2S. The Kier molecular flexibility index (Phi) is 4.88. The molecule has 9 heteroatoms. The van der Waals surface area contributed by atoms with Crippen LogP contribution in [0.3, 0.4) is 0 Å². The van der Waals surface area contributed by atoms with Gasteiger partial charge in [-0.25, -0.2) is 18.1 Å². The lowest BCUT2D eigenvalue weighted by Gasteiger charge is -2.05. The van der Waals surface area contributed by atoms with Gasteiger partial charge in [0.05, 0.1) is 19.1 Å². The molecule has 0 bridgehead atoms. The van der Waals surface area contributed by atoms with Crippen molar-refractivity contribution in [1.82, 2.24) is 29.4 Å². The topological polar surface area (TPSA) is 93.8 Å². The van der Waals surface area contributed by atoms with Gasteiger partial charge < -0.3 is 9.88 Å². The fraction of sp³-hybridized carbons (Fsp3) is 0.455. The summed E-state index contributed by atoms with van der Waals surface area (Å²) < 4.78 is 30.0. The summed E-state index contributed by atoms with van der Waals surface area (Å²) in [5, 5.41) is 7.00. The van der Waals surface area contributed by atoms with Gasteiger partial charge in [-0.15, -0.1) is 0 Å². The Labute approximate surface area is 117 Å². The second-order valence-corrected chi connectivity index (χ2v) is 6.01. The zero-order chi connectivity index (χ0) is 14.4. The Balaban J connectivity index is 1.90. The van der Waals surface area contributed by atoms with E-state index in [0.29, 0.717) is 19.6 Å². The lowest BCUT2D eigenvalue weighted by Crippen LogP contribution is -2.27. The van der Waals surface area contributed by atoms with Crippen LogP contribution >= 0.6 is 0 Å². The van der Waals surface area contributed by atoms with Crippen LogP contribution in [0.1, 0.15) is 0 Å². The van der Waals surface area contributed by atoms with E-state index in [0.717, 1.165) is 6.54 Å². The molecule has 8 nitrogen and oxygen atoms in total. The Morgan fingerprint density at radius 2 is 2.15 bits per heavy atom. The summed E-state index contributed by atoms with van der Waals surface area (Å²) in [6.07, 6.45) is 7.96. The first kappa shape index (κ1) is 14.7. The average molecular weight is 298 g/mol. The summed E-state index contributed by atoms with van der Waals surface area (Å²) in [6.45, 7) is 2.20. The largest absolute Gasteiger partial charge is 0.336 e. The standard InChI is InChI=1S/C11H18N6O2S/c1-12-2-7-17-9-11(8-14-17)20(18,19)15-4-6-16-5-3-13-10-16/h3,5,8-10,12,15H,2,4,6-7H2,1H3. The fourth-order valence-electron chi connectivity index (χ4n) is 1.64. The van der Waals surface area contributed by atoms with Crippen molar-refractivity contribution in [2.45, 2.75) is 18.0 Å². The molecule has 0 aliphatic rings. The van der Waals surface area contributed by atoms with E-state index in [2.05, 4.69) is 20.1 Å². The number of hydrogen-bond acceptors (Lipinski definition) is 5. The molecule has 0 amide bonds. The van der Waals surface area contributed by atoms with Crippen LogP contribution < -0.4 is 10.0 Å². The molecule has 0 aliphatic carbocycles. The van der Waals surface area contributed by atoms with Gasteiger partial charge in [0.25, 0.3) is 0 Å². The highest BCUT2D eigenvalue weighted by molar-refractivity contribution is 7.89. The first-order chi connectivity index (χ1) is 9.62. The molecule has 110 valence electrons. The second-order valence-electron chi connectivity index (χ2n) is 4.24. The molecule has 2 aromatic rings. The van der Waals surface area contributed by atoms with E-state index in [9.17, 15) is 8.42 Å². The first-order valence-electron chi connectivity index (χ1n) is 6.24. The summed E-state index contributed by atoms with van der Waals surface area (Å²) in [7, 11) is -1.67. The average Bonchev–Trinajstić information content (AvgIpc) is 3.07. The van der Waals surface area contributed by atoms with E-state index in [4.69, 9.17) is 0 Å². The number of sulfonamides is 1. The van der Waals surface area contributed by atoms with Crippen LogP contribution in [0.5, 0.6) is 0 Å². The van der Waals surface area contributed by atoms with Gasteiger partial charge in [0, 0.05) is 38.2 Å². The van der Waals surface area contributed by atoms with Gasteiger partial charge in [0.1, 0.15) is 4.90 Å². The maximum absolute atomic E-state index is 12.0. The molecule has 0 saturated carbocycles. The lowest BCUT2D eigenvalue weighted by atomic mass is 10.6. The van der Waals surface area contributed by atoms with Crippen LogP contribution in [0.2, 0.25) is 0 Å². The smallest absolute Gasteiger partial charge is 0.243 e. The van der Waals surface area contributed by atoms with Gasteiger partial charge in [0.15, 0.2) is 0 Å². The maximum Gasteiger partial charge on any atom is 0.243 e. The third-order valence-corrected chi connectivity index (χ3v) is 4.15. The Hall–Kier alpha value is -1.71. The van der Waals surface area contributed by atoms with Crippen molar-refractivity contribution in [3.63, 3.8) is 0 Å². The number of imidazole rings is 1. The molecule has 0 saturated heterocycles. The minimum absolute atomic E-state index is 0.180. The first-order valence-corrected chi connectivity index (χ1v) is 7.72. The molecular weight excluding hydrogens is 280 g/mol. The van der Waals surface area contributed by atoms with Crippen molar-refractivity contribution >= 4 is 10.0 Å². The summed E-state index contributed by atoms with van der Waals surface area (Å²) >= 11 is 0. The van der Waals surface area contributed by atoms with E-state index < -0.39 is 10.0 Å². The van der Waals surface area contributed by atoms with Gasteiger partial charge in [-0.05, 0) is 7.05 Å². The Morgan fingerprint density at radius 1 is 1.30 bits per heavy atom. The van der Waals surface area contributed by atoms with E-state index in [1.165, 1.54) is 12.4 Å². The quantitative estimate of drug-likeness (QED) is 0.670. The van der Waals surface area contributed by atoms with Crippen LogP contribution in [0.4, 0.5) is 0 Å². The van der Waals surface area contributed by atoms with Gasteiger partial charge in [0.2, 0.25) is 10.0 Å². The normalized spacial score (nSPS) is 11.8. The number of aromatic nitrogens is 4. The summed E-state index contributed by atoms with van der Waals surface area (Å²) in [5.74, 6) is 0. The van der Waals surface area contributed by atoms with Gasteiger partial charge >= 0.3 is 0 Å². The number of hydrogen-bond donors (Lipinski definition) is 2. The minimum atomic E-state index is -3.51. The molecule has 0 unspecified atom stereocenters. The SMILES string of the molecule is CNCCn1cc(S(=O)(=O)NCCn2ccnc2)cn1. The van der Waals surface area contributed by atoms with Gasteiger partial charge in [-0.1, -0.05) is 0 Å². The van der Waals surface area contributed by atoms with Gasteiger partial charge in [-0.2, -0.15) is 5.10 Å². The van der Waals surface area contributed by atoms with E-state index in [1.807, 2.05) is 7.05 Å². The van der Waals surface area contributed by atoms with Crippen LogP contribution in [0, 0.1) is 0 Å². The number of rotatable bonds is 8. The van der Waals surface area contributed by atoms with Crippen molar-refractivity contribution in [3.8, 4) is 0 Å². The monoisotopic (exact) mass is 298 g/mol. The van der Waals surface area contributed by atoms with Crippen molar-refractivity contribution in [3.05, 3.63) is 31.1 Å². The van der Waals surface area contributed by atoms with Crippen LogP contribution in [0.25, 0.3) is 0 Å². The zero-order valence-electron chi connectivity index (χ0n) is 11.2. The predicted octanol–water partition coefficient (Wildman–Crippen LogP) is -0.722. The fourth-order valence-corrected chi connectivity index (χ4v) is 2.62. The molecule has 0 aromatic carbocycles. The number of nitrogens with zero attached hydrogens (tertiary/aromatic N) is 4. The van der Waals surface area contributed by atoms with E-state index in [-0.39, 0.29) is 4.90 Å². The third kappa shape index (κ3) is 3.89. The molecule has 0 radical (unpaired) electrons. The van der Waals surface area contributed by atoms with Crippen molar-refractivity contribution in [2.24, 2.45) is 0 Å². The van der Waals surface area contributed by atoms with E-state index in [1.54, 1.807) is 28.0 Å². The molecule has 0 fully saturated rings. The van der Waals surface area contributed by atoms with Crippen molar-refractivity contribution < 1.29 is 8.42 Å². The predicted molar refractivity (Wildman–Crippen MR) is 73.6 cm³/mol. The second kappa shape index (κ2) is 6.64. The molecule has 2 aromatic heterocycles. The van der Waals surface area contributed by atoms with Crippen molar-refractivity contribution in [2.75, 3.05) is 20.1 Å². The van der Waals surface area contributed by atoms with Crippen LogP contribution in [-0.2, 0) is 23.1 Å². The molecule has 0 aliphatic heterocycles. The van der Waals surface area contributed by atoms with Crippen LogP contribution in [-0.4, -0.2) is 47.9 Å². The summed E-state index contributed by atoms with van der Waals surface area (Å²) in [5.41, 5.74) is 0. The van der Waals surface area contributed by atoms with Crippen molar-refractivity contribution in [1.29, 1.82) is 0 Å². The highest BCUT2D eigenvalue weighted by Crippen LogP contribution is 2.06. The molecule has 0 spiro atoms. The molecule has 2 heterocycles. The molecule has 2 rings (SSSR count). The summed E-state index contributed by atoms with van der Waals surface area (Å²) in [6, 6.07) is 0. The van der Waals surface area contributed by atoms with Crippen LogP contribution in [0.15, 0.2) is 36.0 Å². The molecule has 0 atom stereocenters. The Bertz CT molecular complexity index is 619. The highest BCUT2D eigenvalue weighted by Gasteiger charge is 2.15. The minimum Gasteiger partial charge on any atom is -0.336 e. The Morgan fingerprint density at radius 3 is 2.85 bits per heavy atom. The van der Waals surface area contributed by atoms with Gasteiger partial charge in [-0.3, -0.25) is 4.68 Å².